The smallest absolute Gasteiger partial charge is 0.245 e. The van der Waals surface area contributed by atoms with Crippen LogP contribution in [-0.2, 0) is 9.59 Å². The summed E-state index contributed by atoms with van der Waals surface area (Å²) in [5.74, 6) is -0.317. The fourth-order valence-electron chi connectivity index (χ4n) is 1.98. The Morgan fingerprint density at radius 3 is 2.35 bits per heavy atom. The molecule has 1 fully saturated rings. The van der Waals surface area contributed by atoms with Gasteiger partial charge in [-0.1, -0.05) is 20.8 Å². The molecule has 1 heterocycles. The molecule has 2 amide bonds. The molecular formula is C12H22N2O3. The Morgan fingerprint density at radius 1 is 1.41 bits per heavy atom. The van der Waals surface area contributed by atoms with E-state index in [1.165, 1.54) is 6.92 Å². The highest BCUT2D eigenvalue weighted by Gasteiger charge is 2.37. The minimum absolute atomic E-state index is 0.107. The summed E-state index contributed by atoms with van der Waals surface area (Å²) in [5.41, 5.74) is -0.337. The quantitative estimate of drug-likeness (QED) is 0.723. The lowest BCUT2D eigenvalue weighted by Crippen LogP contribution is -2.54. The Bertz CT molecular complexity index is 309. The first-order chi connectivity index (χ1) is 7.71. The van der Waals surface area contributed by atoms with Crippen LogP contribution in [-0.4, -0.2) is 47.1 Å². The standard InChI is InChI=1S/C12H22N2O3/c1-8(15)13-10(12(2,3)4)11(17)14-6-5-9(16)7-14/h9-10,16H,5-7H2,1-4H3,(H,13,15)/t9-,10-/m0/s1. The summed E-state index contributed by atoms with van der Waals surface area (Å²) in [6, 6.07) is -0.537. The molecule has 5 heteroatoms. The molecule has 0 saturated carbocycles. The van der Waals surface area contributed by atoms with E-state index >= 15 is 0 Å². The SMILES string of the molecule is CC(=O)N[C@@H](C(=O)N1CC[C@H](O)C1)C(C)(C)C. The molecule has 0 radical (unpaired) electrons. The maximum atomic E-state index is 12.3. The van der Waals surface area contributed by atoms with E-state index in [0.29, 0.717) is 19.5 Å². The highest BCUT2D eigenvalue weighted by atomic mass is 16.3. The Morgan fingerprint density at radius 2 is 2.00 bits per heavy atom. The van der Waals surface area contributed by atoms with E-state index < -0.39 is 12.1 Å². The van der Waals surface area contributed by atoms with Crippen molar-refractivity contribution in [1.82, 2.24) is 10.2 Å². The van der Waals surface area contributed by atoms with Crippen LogP contribution in [0.2, 0.25) is 0 Å². The molecule has 1 saturated heterocycles. The van der Waals surface area contributed by atoms with Crippen molar-refractivity contribution >= 4 is 11.8 Å². The zero-order valence-electron chi connectivity index (χ0n) is 11.0. The van der Waals surface area contributed by atoms with Crippen LogP contribution in [0.4, 0.5) is 0 Å². The highest BCUT2D eigenvalue weighted by Crippen LogP contribution is 2.23. The van der Waals surface area contributed by atoms with E-state index in [1.807, 2.05) is 20.8 Å². The predicted octanol–water partition coefficient (Wildman–Crippen LogP) is 0.130. The second-order valence-corrected chi connectivity index (χ2v) is 5.73. The predicted molar refractivity (Wildman–Crippen MR) is 64.3 cm³/mol. The average molecular weight is 242 g/mol. The lowest BCUT2D eigenvalue weighted by atomic mass is 9.85. The monoisotopic (exact) mass is 242 g/mol. The molecule has 98 valence electrons. The molecule has 1 aliphatic heterocycles. The number of nitrogens with zero attached hydrogens (tertiary/aromatic N) is 1. The largest absolute Gasteiger partial charge is 0.391 e. The minimum atomic E-state index is -0.537. The Kier molecular flexibility index (Phi) is 4.14. The number of hydrogen-bond donors (Lipinski definition) is 2. The third kappa shape index (κ3) is 3.70. The van der Waals surface area contributed by atoms with Crippen molar-refractivity contribution in [2.24, 2.45) is 5.41 Å². The molecule has 5 nitrogen and oxygen atoms in total. The third-order valence-corrected chi connectivity index (χ3v) is 2.94. The molecule has 0 spiro atoms. The molecule has 2 atom stereocenters. The highest BCUT2D eigenvalue weighted by molar-refractivity contribution is 5.87. The Labute approximate surface area is 102 Å². The molecule has 0 unspecified atom stereocenters. The van der Waals surface area contributed by atoms with Gasteiger partial charge in [-0.3, -0.25) is 9.59 Å². The maximum absolute atomic E-state index is 12.3. The van der Waals surface area contributed by atoms with Crippen LogP contribution in [0.15, 0.2) is 0 Å². The van der Waals surface area contributed by atoms with E-state index in [2.05, 4.69) is 5.32 Å². The zero-order chi connectivity index (χ0) is 13.2. The van der Waals surface area contributed by atoms with Crippen molar-refractivity contribution in [2.75, 3.05) is 13.1 Å². The summed E-state index contributed by atoms with van der Waals surface area (Å²) in [4.78, 5) is 25.0. The van der Waals surface area contributed by atoms with Crippen LogP contribution in [0.1, 0.15) is 34.1 Å². The minimum Gasteiger partial charge on any atom is -0.391 e. The third-order valence-electron chi connectivity index (χ3n) is 2.94. The molecule has 17 heavy (non-hydrogen) atoms. The van der Waals surface area contributed by atoms with Gasteiger partial charge in [-0.2, -0.15) is 0 Å². The van der Waals surface area contributed by atoms with Crippen LogP contribution < -0.4 is 5.32 Å². The number of aliphatic hydroxyl groups excluding tert-OH is 1. The first-order valence-electron chi connectivity index (χ1n) is 5.96. The van der Waals surface area contributed by atoms with Gasteiger partial charge in [-0.15, -0.1) is 0 Å². The van der Waals surface area contributed by atoms with Gasteiger partial charge in [0.15, 0.2) is 0 Å². The molecule has 0 aliphatic carbocycles. The van der Waals surface area contributed by atoms with Crippen molar-refractivity contribution in [2.45, 2.75) is 46.3 Å². The van der Waals surface area contributed by atoms with Gasteiger partial charge in [0.2, 0.25) is 11.8 Å². The number of carbonyl (C=O) groups is 2. The van der Waals surface area contributed by atoms with Crippen LogP contribution >= 0.6 is 0 Å². The number of aliphatic hydroxyl groups is 1. The van der Waals surface area contributed by atoms with E-state index in [-0.39, 0.29) is 17.2 Å². The number of hydrogen-bond acceptors (Lipinski definition) is 3. The molecule has 0 aromatic rings. The average Bonchev–Trinajstić information content (AvgIpc) is 2.58. The fourth-order valence-corrected chi connectivity index (χ4v) is 1.98. The number of rotatable bonds is 2. The summed E-state index contributed by atoms with van der Waals surface area (Å²) < 4.78 is 0. The molecular weight excluding hydrogens is 220 g/mol. The molecule has 1 rings (SSSR count). The van der Waals surface area contributed by atoms with E-state index in [9.17, 15) is 14.7 Å². The normalized spacial score (nSPS) is 22.4. The van der Waals surface area contributed by atoms with Crippen LogP contribution in [0.25, 0.3) is 0 Å². The number of likely N-dealkylation sites (tertiary alicyclic amines) is 1. The van der Waals surface area contributed by atoms with Gasteiger partial charge >= 0.3 is 0 Å². The van der Waals surface area contributed by atoms with Crippen molar-refractivity contribution in [1.29, 1.82) is 0 Å². The lowest BCUT2D eigenvalue weighted by molar-refractivity contribution is -0.138. The molecule has 0 bridgehead atoms. The van der Waals surface area contributed by atoms with Crippen molar-refractivity contribution in [3.8, 4) is 0 Å². The second-order valence-electron chi connectivity index (χ2n) is 5.73. The van der Waals surface area contributed by atoms with Crippen LogP contribution in [0, 0.1) is 5.41 Å². The Balaban J connectivity index is 2.76. The van der Waals surface area contributed by atoms with Crippen LogP contribution in [0.5, 0.6) is 0 Å². The summed E-state index contributed by atoms with van der Waals surface area (Å²) >= 11 is 0. The summed E-state index contributed by atoms with van der Waals surface area (Å²) in [5, 5.41) is 12.1. The second kappa shape index (κ2) is 5.04. The molecule has 1 aliphatic rings. The number of amides is 2. The summed E-state index contributed by atoms with van der Waals surface area (Å²) in [7, 11) is 0. The van der Waals surface area contributed by atoms with Crippen molar-refractivity contribution in [3.63, 3.8) is 0 Å². The van der Waals surface area contributed by atoms with Gasteiger partial charge in [0.05, 0.1) is 6.10 Å². The number of carbonyl (C=O) groups excluding carboxylic acids is 2. The fraction of sp³-hybridized carbons (Fsp3) is 0.833. The van der Waals surface area contributed by atoms with E-state index in [4.69, 9.17) is 0 Å². The number of β-amino-alcohol motifs (C(OH)–C–C–N with tert-alkyl or cyclic N) is 1. The first-order valence-corrected chi connectivity index (χ1v) is 5.96. The van der Waals surface area contributed by atoms with Gasteiger partial charge in [-0.25, -0.2) is 0 Å². The van der Waals surface area contributed by atoms with Crippen molar-refractivity contribution < 1.29 is 14.7 Å². The topological polar surface area (TPSA) is 69.6 Å². The van der Waals surface area contributed by atoms with E-state index in [1.54, 1.807) is 4.90 Å². The van der Waals surface area contributed by atoms with E-state index in [0.717, 1.165) is 0 Å². The van der Waals surface area contributed by atoms with Crippen LogP contribution in [0.3, 0.4) is 0 Å². The lowest BCUT2D eigenvalue weighted by Gasteiger charge is -2.33. The maximum Gasteiger partial charge on any atom is 0.245 e. The van der Waals surface area contributed by atoms with Crippen molar-refractivity contribution in [3.05, 3.63) is 0 Å². The zero-order valence-corrected chi connectivity index (χ0v) is 11.0. The summed E-state index contributed by atoms with van der Waals surface area (Å²) in [6.45, 7) is 8.08. The van der Waals surface area contributed by atoms with Gasteiger partial charge in [0.1, 0.15) is 6.04 Å². The number of nitrogens with one attached hydrogen (secondary N) is 1. The molecule has 0 aromatic carbocycles. The molecule has 2 N–H and O–H groups in total. The summed E-state index contributed by atoms with van der Waals surface area (Å²) in [6.07, 6.45) is 0.180. The van der Waals surface area contributed by atoms with Gasteiger partial charge < -0.3 is 15.3 Å². The first kappa shape index (κ1) is 14.0. The van der Waals surface area contributed by atoms with Gasteiger partial charge in [0, 0.05) is 20.0 Å². The molecule has 0 aromatic heterocycles. The van der Waals surface area contributed by atoms with Gasteiger partial charge in [-0.05, 0) is 11.8 Å². The Hall–Kier alpha value is -1.10. The van der Waals surface area contributed by atoms with Gasteiger partial charge in [0.25, 0.3) is 0 Å².